The summed E-state index contributed by atoms with van der Waals surface area (Å²) in [5, 5.41) is 12.6. The van der Waals surface area contributed by atoms with Crippen molar-refractivity contribution in [2.45, 2.75) is 25.8 Å². The minimum Gasteiger partial charge on any atom is -0.507 e. The van der Waals surface area contributed by atoms with Gasteiger partial charge in [0.25, 0.3) is 5.91 Å². The number of hydrogen-bond donors (Lipinski definition) is 2. The highest BCUT2D eigenvalue weighted by Crippen LogP contribution is 2.21. The van der Waals surface area contributed by atoms with E-state index in [1.54, 1.807) is 11.8 Å². The third kappa shape index (κ3) is 3.22. The number of carbonyl (C=O) groups excluding carboxylic acids is 2. The van der Waals surface area contributed by atoms with Crippen LogP contribution in [0.25, 0.3) is 0 Å². The maximum Gasteiger partial charge on any atom is 0.255 e. The lowest BCUT2D eigenvalue weighted by Crippen LogP contribution is -2.45. The lowest BCUT2D eigenvalue weighted by molar-refractivity contribution is -0.131. The highest BCUT2D eigenvalue weighted by Gasteiger charge is 2.25. The van der Waals surface area contributed by atoms with Crippen LogP contribution in [0.5, 0.6) is 5.75 Å². The number of rotatable bonds is 3. The molecule has 2 N–H and O–H groups in total. The number of likely N-dealkylation sites (tertiary alicyclic amines) is 1. The van der Waals surface area contributed by atoms with Gasteiger partial charge in [0.2, 0.25) is 5.91 Å². The normalized spacial score (nSPS) is 16.0. The van der Waals surface area contributed by atoms with Crippen molar-refractivity contribution in [2.24, 2.45) is 0 Å². The summed E-state index contributed by atoms with van der Waals surface area (Å²) >= 11 is 5.71. The number of nitrogens with one attached hydrogen (secondary N) is 1. The zero-order valence-corrected chi connectivity index (χ0v) is 12.0. The summed E-state index contributed by atoms with van der Waals surface area (Å²) in [6, 6.07) is 3.63. The molecular formula is C14H17ClN2O3. The average molecular weight is 297 g/mol. The van der Waals surface area contributed by atoms with Crippen LogP contribution in [0.1, 0.15) is 30.1 Å². The fraction of sp³-hybridized carbons (Fsp3) is 0.429. The second kappa shape index (κ2) is 6.13. The van der Waals surface area contributed by atoms with Crippen molar-refractivity contribution in [3.05, 3.63) is 28.8 Å². The SMILES string of the molecule is CC(NC(=O)c1ccc(Cl)cc1O)C(=O)N1CCCC1. The third-order valence-corrected chi connectivity index (χ3v) is 3.58. The summed E-state index contributed by atoms with van der Waals surface area (Å²) in [5.41, 5.74) is 0.107. The molecular weight excluding hydrogens is 280 g/mol. The number of amides is 2. The van der Waals surface area contributed by atoms with E-state index in [2.05, 4.69) is 5.32 Å². The van der Waals surface area contributed by atoms with E-state index in [4.69, 9.17) is 11.6 Å². The lowest BCUT2D eigenvalue weighted by atomic mass is 10.1. The van der Waals surface area contributed by atoms with Gasteiger partial charge in [0.15, 0.2) is 0 Å². The van der Waals surface area contributed by atoms with E-state index in [9.17, 15) is 14.7 Å². The Morgan fingerprint density at radius 1 is 1.35 bits per heavy atom. The minimum absolute atomic E-state index is 0.0932. The number of phenolic OH excluding ortho intramolecular Hbond substituents is 1. The Kier molecular flexibility index (Phi) is 4.49. The van der Waals surface area contributed by atoms with Gasteiger partial charge in [-0.15, -0.1) is 0 Å². The van der Waals surface area contributed by atoms with Crippen LogP contribution in [0.4, 0.5) is 0 Å². The summed E-state index contributed by atoms with van der Waals surface area (Å²) < 4.78 is 0. The largest absolute Gasteiger partial charge is 0.507 e. The molecule has 0 saturated carbocycles. The molecule has 6 heteroatoms. The van der Waals surface area contributed by atoms with Crippen LogP contribution in [0.2, 0.25) is 5.02 Å². The van der Waals surface area contributed by atoms with E-state index < -0.39 is 11.9 Å². The molecule has 1 unspecified atom stereocenters. The average Bonchev–Trinajstić information content (AvgIpc) is 2.91. The van der Waals surface area contributed by atoms with Gasteiger partial charge in [-0.1, -0.05) is 11.6 Å². The van der Waals surface area contributed by atoms with Crippen LogP contribution < -0.4 is 5.32 Å². The van der Waals surface area contributed by atoms with Gasteiger partial charge in [-0.3, -0.25) is 9.59 Å². The van der Waals surface area contributed by atoms with Crippen LogP contribution in [0, 0.1) is 0 Å². The zero-order chi connectivity index (χ0) is 14.7. The van der Waals surface area contributed by atoms with E-state index in [1.807, 2.05) is 0 Å². The number of halogens is 1. The van der Waals surface area contributed by atoms with Crippen LogP contribution in [-0.4, -0.2) is 41.0 Å². The Morgan fingerprint density at radius 3 is 2.60 bits per heavy atom. The summed E-state index contributed by atoms with van der Waals surface area (Å²) in [7, 11) is 0. The van der Waals surface area contributed by atoms with Gasteiger partial charge in [-0.25, -0.2) is 0 Å². The minimum atomic E-state index is -0.615. The third-order valence-electron chi connectivity index (χ3n) is 3.34. The molecule has 0 bridgehead atoms. The topological polar surface area (TPSA) is 69.6 Å². The van der Waals surface area contributed by atoms with E-state index >= 15 is 0 Å². The zero-order valence-electron chi connectivity index (χ0n) is 11.2. The maximum atomic E-state index is 12.1. The predicted octanol–water partition coefficient (Wildman–Crippen LogP) is 1.79. The van der Waals surface area contributed by atoms with Gasteiger partial charge < -0.3 is 15.3 Å². The van der Waals surface area contributed by atoms with Crippen molar-refractivity contribution in [1.82, 2.24) is 10.2 Å². The number of phenols is 1. The monoisotopic (exact) mass is 296 g/mol. The number of aromatic hydroxyl groups is 1. The molecule has 1 aromatic carbocycles. The second-order valence-electron chi connectivity index (χ2n) is 4.89. The molecule has 1 saturated heterocycles. The van der Waals surface area contributed by atoms with Gasteiger partial charge in [0, 0.05) is 18.1 Å². The molecule has 0 aliphatic carbocycles. The van der Waals surface area contributed by atoms with Crippen molar-refractivity contribution in [3.63, 3.8) is 0 Å². The first-order valence-electron chi connectivity index (χ1n) is 6.57. The van der Waals surface area contributed by atoms with E-state index in [-0.39, 0.29) is 17.2 Å². The van der Waals surface area contributed by atoms with Gasteiger partial charge in [-0.05, 0) is 38.0 Å². The Hall–Kier alpha value is -1.75. The van der Waals surface area contributed by atoms with Crippen molar-refractivity contribution >= 4 is 23.4 Å². The van der Waals surface area contributed by atoms with Crippen LogP contribution in [-0.2, 0) is 4.79 Å². The molecule has 0 radical (unpaired) electrons. The standard InChI is InChI=1S/C14H17ClN2O3/c1-9(14(20)17-6-2-3-7-17)16-13(19)11-5-4-10(15)8-12(11)18/h4-5,8-9,18H,2-3,6-7H2,1H3,(H,16,19). The van der Waals surface area contributed by atoms with Crippen LogP contribution >= 0.6 is 11.6 Å². The van der Waals surface area contributed by atoms with Crippen molar-refractivity contribution in [3.8, 4) is 5.75 Å². The fourth-order valence-electron chi connectivity index (χ4n) is 2.24. The molecule has 1 aliphatic heterocycles. The Morgan fingerprint density at radius 2 is 2.00 bits per heavy atom. The van der Waals surface area contributed by atoms with Gasteiger partial charge in [0.05, 0.1) is 5.56 Å². The molecule has 0 aromatic heterocycles. The molecule has 5 nitrogen and oxygen atoms in total. The number of nitrogens with zero attached hydrogens (tertiary/aromatic N) is 1. The summed E-state index contributed by atoms with van der Waals surface area (Å²) in [6.07, 6.45) is 2.01. The smallest absolute Gasteiger partial charge is 0.255 e. The Labute approximate surface area is 122 Å². The summed E-state index contributed by atoms with van der Waals surface area (Å²) in [5.74, 6) is -0.778. The molecule has 20 heavy (non-hydrogen) atoms. The maximum absolute atomic E-state index is 12.1. The summed E-state index contributed by atoms with van der Waals surface area (Å²) in [4.78, 5) is 25.8. The number of benzene rings is 1. The quantitative estimate of drug-likeness (QED) is 0.893. The van der Waals surface area contributed by atoms with Crippen LogP contribution in [0.15, 0.2) is 18.2 Å². The Balaban J connectivity index is 2.01. The molecule has 1 heterocycles. The van der Waals surface area contributed by atoms with E-state index in [1.165, 1.54) is 18.2 Å². The van der Waals surface area contributed by atoms with E-state index in [0.29, 0.717) is 5.02 Å². The van der Waals surface area contributed by atoms with Gasteiger partial charge in [0.1, 0.15) is 11.8 Å². The molecule has 1 aliphatic rings. The van der Waals surface area contributed by atoms with Crippen molar-refractivity contribution < 1.29 is 14.7 Å². The predicted molar refractivity (Wildman–Crippen MR) is 75.9 cm³/mol. The van der Waals surface area contributed by atoms with Crippen LogP contribution in [0.3, 0.4) is 0 Å². The number of carbonyl (C=O) groups is 2. The Bertz CT molecular complexity index is 527. The molecule has 0 spiro atoms. The first-order valence-corrected chi connectivity index (χ1v) is 6.95. The molecule has 1 aromatic rings. The van der Waals surface area contributed by atoms with Gasteiger partial charge in [-0.2, -0.15) is 0 Å². The highest BCUT2D eigenvalue weighted by molar-refractivity contribution is 6.30. The molecule has 2 amide bonds. The summed E-state index contributed by atoms with van der Waals surface area (Å²) in [6.45, 7) is 3.13. The fourth-order valence-corrected chi connectivity index (χ4v) is 2.41. The molecule has 108 valence electrons. The second-order valence-corrected chi connectivity index (χ2v) is 5.33. The molecule has 2 rings (SSSR count). The lowest BCUT2D eigenvalue weighted by Gasteiger charge is -2.21. The number of hydrogen-bond acceptors (Lipinski definition) is 3. The van der Waals surface area contributed by atoms with Gasteiger partial charge >= 0.3 is 0 Å². The van der Waals surface area contributed by atoms with E-state index in [0.717, 1.165) is 25.9 Å². The first-order chi connectivity index (χ1) is 9.49. The first kappa shape index (κ1) is 14.7. The molecule has 1 atom stereocenters. The van der Waals surface area contributed by atoms with Crippen molar-refractivity contribution in [1.29, 1.82) is 0 Å². The van der Waals surface area contributed by atoms with Crippen molar-refractivity contribution in [2.75, 3.05) is 13.1 Å². The highest BCUT2D eigenvalue weighted by atomic mass is 35.5. The molecule has 1 fully saturated rings.